The summed E-state index contributed by atoms with van der Waals surface area (Å²) in [5.74, 6) is 0.974. The molecule has 0 fully saturated rings. The molecule has 0 saturated heterocycles. The monoisotopic (exact) mass is 382 g/mol. The Morgan fingerprint density at radius 3 is 2.64 bits per heavy atom. The van der Waals surface area contributed by atoms with E-state index < -0.39 is 0 Å². The van der Waals surface area contributed by atoms with Gasteiger partial charge in [-0.15, -0.1) is 0 Å². The van der Waals surface area contributed by atoms with E-state index >= 15 is 0 Å². The third kappa shape index (κ3) is 3.87. The first kappa shape index (κ1) is 20.3. The van der Waals surface area contributed by atoms with Gasteiger partial charge < -0.3 is 14.4 Å². The van der Waals surface area contributed by atoms with E-state index in [1.54, 1.807) is 0 Å². The van der Waals surface area contributed by atoms with Gasteiger partial charge >= 0.3 is 0 Å². The quantitative estimate of drug-likeness (QED) is 0.633. The minimum atomic E-state index is 0.217. The lowest BCUT2D eigenvalue weighted by molar-refractivity contribution is 0.281. The van der Waals surface area contributed by atoms with Gasteiger partial charge in [0.2, 0.25) is 5.88 Å². The lowest BCUT2D eigenvalue weighted by Gasteiger charge is -2.12. The summed E-state index contributed by atoms with van der Waals surface area (Å²) in [6.45, 7) is 9.05. The van der Waals surface area contributed by atoms with Crippen LogP contribution in [0, 0.1) is 6.92 Å². The van der Waals surface area contributed by atoms with Crippen LogP contribution >= 0.6 is 0 Å². The molecule has 3 aromatic heterocycles. The predicted octanol–water partition coefficient (Wildman–Crippen LogP) is 4.18. The molecule has 0 saturated carbocycles. The van der Waals surface area contributed by atoms with Gasteiger partial charge in [-0.2, -0.15) is 0 Å². The summed E-state index contributed by atoms with van der Waals surface area (Å²) in [5, 5.41) is 9.14. The molecule has 3 aromatic rings. The van der Waals surface area contributed by atoms with Crippen molar-refractivity contribution in [3.63, 3.8) is 0 Å². The highest BCUT2D eigenvalue weighted by Crippen LogP contribution is 2.32. The number of pyridine rings is 1. The fraction of sp³-hybridized carbons (Fsp3) is 0.500. The molecule has 0 aromatic carbocycles. The van der Waals surface area contributed by atoms with Crippen molar-refractivity contribution in [2.24, 2.45) is 7.05 Å². The van der Waals surface area contributed by atoms with E-state index in [2.05, 4.69) is 25.0 Å². The number of ether oxygens (including phenoxy) is 1. The van der Waals surface area contributed by atoms with Crippen molar-refractivity contribution in [3.05, 3.63) is 35.3 Å². The Labute approximate surface area is 166 Å². The van der Waals surface area contributed by atoms with Crippen molar-refractivity contribution in [1.82, 2.24) is 19.5 Å². The van der Waals surface area contributed by atoms with Gasteiger partial charge in [0, 0.05) is 37.0 Å². The SMILES string of the molecule is CCOc1ccc(-c2nc3c(nc2C)c([C@H](C)CCCO)cn3C)c(CC)n1. The second kappa shape index (κ2) is 8.69. The van der Waals surface area contributed by atoms with Crippen molar-refractivity contribution in [3.8, 4) is 17.1 Å². The Balaban J connectivity index is 2.09. The molecular formula is C22H30N4O2. The third-order valence-corrected chi connectivity index (χ3v) is 5.15. The highest BCUT2D eigenvalue weighted by molar-refractivity contribution is 5.80. The maximum Gasteiger partial charge on any atom is 0.213 e. The van der Waals surface area contributed by atoms with Gasteiger partial charge in [-0.05, 0) is 45.1 Å². The molecule has 0 amide bonds. The summed E-state index contributed by atoms with van der Waals surface area (Å²) in [6, 6.07) is 3.93. The van der Waals surface area contributed by atoms with Crippen LogP contribution in [0.5, 0.6) is 5.88 Å². The van der Waals surface area contributed by atoms with Crippen molar-refractivity contribution in [1.29, 1.82) is 0 Å². The molecule has 3 rings (SSSR count). The largest absolute Gasteiger partial charge is 0.478 e. The van der Waals surface area contributed by atoms with E-state index in [4.69, 9.17) is 19.8 Å². The van der Waals surface area contributed by atoms with Crippen molar-refractivity contribution < 1.29 is 9.84 Å². The molecule has 0 unspecified atom stereocenters. The Morgan fingerprint density at radius 2 is 1.96 bits per heavy atom. The zero-order valence-electron chi connectivity index (χ0n) is 17.5. The molecule has 6 nitrogen and oxygen atoms in total. The van der Waals surface area contributed by atoms with Crippen LogP contribution in [0.1, 0.15) is 56.5 Å². The minimum absolute atomic E-state index is 0.217. The highest BCUT2D eigenvalue weighted by Gasteiger charge is 2.19. The molecule has 0 radical (unpaired) electrons. The normalized spacial score (nSPS) is 12.5. The maximum atomic E-state index is 9.14. The number of aliphatic hydroxyl groups excluding tert-OH is 1. The van der Waals surface area contributed by atoms with Crippen LogP contribution in [-0.4, -0.2) is 37.8 Å². The Bertz CT molecular complexity index is 965. The number of nitrogens with zero attached hydrogens (tertiary/aromatic N) is 4. The van der Waals surface area contributed by atoms with Crippen LogP contribution in [0.25, 0.3) is 22.4 Å². The lowest BCUT2D eigenvalue weighted by atomic mass is 9.98. The van der Waals surface area contributed by atoms with Crippen molar-refractivity contribution >= 4 is 11.2 Å². The Kier molecular flexibility index (Phi) is 6.29. The molecule has 28 heavy (non-hydrogen) atoms. The third-order valence-electron chi connectivity index (χ3n) is 5.15. The summed E-state index contributed by atoms with van der Waals surface area (Å²) in [4.78, 5) is 14.6. The van der Waals surface area contributed by atoms with Crippen LogP contribution in [-0.2, 0) is 13.5 Å². The molecular weight excluding hydrogens is 352 g/mol. The second-order valence-electron chi connectivity index (χ2n) is 7.22. The molecule has 0 spiro atoms. The average Bonchev–Trinajstić information content (AvgIpc) is 3.01. The highest BCUT2D eigenvalue weighted by atomic mass is 16.5. The smallest absolute Gasteiger partial charge is 0.213 e. The Morgan fingerprint density at radius 1 is 1.18 bits per heavy atom. The summed E-state index contributed by atoms with van der Waals surface area (Å²) in [5.41, 5.74) is 6.76. The molecule has 0 aliphatic rings. The van der Waals surface area contributed by atoms with Gasteiger partial charge in [0.15, 0.2) is 5.65 Å². The number of fused-ring (bicyclic) bond motifs is 1. The topological polar surface area (TPSA) is 73.1 Å². The number of aryl methyl sites for hydroxylation is 3. The van der Waals surface area contributed by atoms with E-state index in [-0.39, 0.29) is 6.61 Å². The molecule has 1 N–H and O–H groups in total. The first-order valence-electron chi connectivity index (χ1n) is 10.1. The Hall–Kier alpha value is -2.47. The van der Waals surface area contributed by atoms with E-state index in [0.29, 0.717) is 18.4 Å². The van der Waals surface area contributed by atoms with Crippen molar-refractivity contribution in [2.75, 3.05) is 13.2 Å². The van der Waals surface area contributed by atoms with Crippen LogP contribution in [0.3, 0.4) is 0 Å². The van der Waals surface area contributed by atoms with Crippen LogP contribution in [0.2, 0.25) is 0 Å². The van der Waals surface area contributed by atoms with Gasteiger partial charge in [-0.3, -0.25) is 0 Å². The molecule has 150 valence electrons. The molecule has 3 heterocycles. The predicted molar refractivity (Wildman–Crippen MR) is 112 cm³/mol. The van der Waals surface area contributed by atoms with Gasteiger partial charge in [0.05, 0.1) is 23.7 Å². The molecule has 0 bridgehead atoms. The van der Waals surface area contributed by atoms with Crippen LogP contribution in [0.15, 0.2) is 18.3 Å². The standard InChI is InChI=1S/C22H30N4O2/c1-6-18-16(10-11-19(24-18)28-7-2)20-15(4)23-21-17(14(3)9-8-12-27)13-26(5)22(21)25-20/h10-11,13-14,27H,6-9,12H2,1-5H3/t14-/m1/s1. The zero-order valence-corrected chi connectivity index (χ0v) is 17.5. The first-order chi connectivity index (χ1) is 13.5. The number of hydrogen-bond donors (Lipinski definition) is 1. The number of rotatable bonds is 8. The summed E-state index contributed by atoms with van der Waals surface area (Å²) in [7, 11) is 2.01. The fourth-order valence-corrected chi connectivity index (χ4v) is 3.64. The van der Waals surface area contributed by atoms with E-state index in [0.717, 1.165) is 53.1 Å². The molecule has 6 heteroatoms. The van der Waals surface area contributed by atoms with Crippen LogP contribution < -0.4 is 4.74 Å². The van der Waals surface area contributed by atoms with E-state index in [1.807, 2.05) is 37.6 Å². The van der Waals surface area contributed by atoms with Gasteiger partial charge in [-0.1, -0.05) is 13.8 Å². The van der Waals surface area contributed by atoms with E-state index in [1.165, 1.54) is 5.56 Å². The molecule has 1 atom stereocenters. The number of hydrogen-bond acceptors (Lipinski definition) is 5. The number of aliphatic hydroxyl groups is 1. The summed E-state index contributed by atoms with van der Waals surface area (Å²) < 4.78 is 7.60. The van der Waals surface area contributed by atoms with Crippen LogP contribution in [0.4, 0.5) is 0 Å². The first-order valence-corrected chi connectivity index (χ1v) is 10.1. The van der Waals surface area contributed by atoms with Gasteiger partial charge in [-0.25, -0.2) is 15.0 Å². The van der Waals surface area contributed by atoms with Gasteiger partial charge in [0.1, 0.15) is 5.52 Å². The molecule has 0 aliphatic carbocycles. The second-order valence-corrected chi connectivity index (χ2v) is 7.22. The summed E-state index contributed by atoms with van der Waals surface area (Å²) in [6.07, 6.45) is 4.64. The molecule has 0 aliphatic heterocycles. The fourth-order valence-electron chi connectivity index (χ4n) is 3.64. The number of aromatic nitrogens is 4. The van der Waals surface area contributed by atoms with E-state index in [9.17, 15) is 0 Å². The summed E-state index contributed by atoms with van der Waals surface area (Å²) >= 11 is 0. The van der Waals surface area contributed by atoms with Gasteiger partial charge in [0.25, 0.3) is 0 Å². The maximum absolute atomic E-state index is 9.14. The lowest BCUT2D eigenvalue weighted by Crippen LogP contribution is -2.03. The van der Waals surface area contributed by atoms with Crippen molar-refractivity contribution in [2.45, 2.75) is 52.9 Å². The average molecular weight is 383 g/mol. The zero-order chi connectivity index (χ0) is 20.3. The minimum Gasteiger partial charge on any atom is -0.478 e.